The molecular formula is C50H35NO. The topological polar surface area (TPSA) is 16.4 Å². The van der Waals surface area contributed by atoms with E-state index in [-0.39, 0.29) is 0 Å². The summed E-state index contributed by atoms with van der Waals surface area (Å²) in [6.07, 6.45) is 0. The molecule has 2 nitrogen and oxygen atoms in total. The van der Waals surface area contributed by atoms with E-state index in [9.17, 15) is 0 Å². The van der Waals surface area contributed by atoms with Crippen molar-refractivity contribution in [2.24, 2.45) is 0 Å². The Labute approximate surface area is 303 Å². The van der Waals surface area contributed by atoms with E-state index in [2.05, 4.69) is 206 Å². The van der Waals surface area contributed by atoms with Crippen LogP contribution >= 0.6 is 0 Å². The van der Waals surface area contributed by atoms with Crippen molar-refractivity contribution >= 4 is 39.0 Å². The molecule has 1 aliphatic carbocycles. The van der Waals surface area contributed by atoms with Gasteiger partial charge in [-0.15, -0.1) is 0 Å². The lowest BCUT2D eigenvalue weighted by Gasteiger charge is -2.31. The van der Waals surface area contributed by atoms with Gasteiger partial charge in [-0.2, -0.15) is 0 Å². The predicted octanol–water partition coefficient (Wildman–Crippen LogP) is 13.7. The standard InChI is InChI=1S/C50H35NO/c1-50(43-24-11-8-21-40(43)41-22-9-12-25-44(41)50)45-31-32-46(48-42-23-10-13-26-47(42)52-49(45)48)51(38-29-27-36(28-30-38)34-15-4-2-5-16-34)39-20-14-19-37(33-39)35-17-6-3-7-18-35/h2-33H,1H3. The Morgan fingerprint density at radius 2 is 0.981 bits per heavy atom. The van der Waals surface area contributed by atoms with E-state index in [4.69, 9.17) is 4.42 Å². The average molecular weight is 666 g/mol. The Bertz CT molecular complexity index is 2700. The van der Waals surface area contributed by atoms with Crippen molar-refractivity contribution in [3.63, 3.8) is 0 Å². The molecule has 0 aliphatic heterocycles. The summed E-state index contributed by atoms with van der Waals surface area (Å²) in [6, 6.07) is 69.8. The summed E-state index contributed by atoms with van der Waals surface area (Å²) in [7, 11) is 0. The third-order valence-corrected chi connectivity index (χ3v) is 10.9. The molecule has 0 saturated carbocycles. The number of hydrogen-bond donors (Lipinski definition) is 0. The summed E-state index contributed by atoms with van der Waals surface area (Å²) in [5.41, 5.74) is 15.7. The molecule has 0 atom stereocenters. The number of hydrogen-bond acceptors (Lipinski definition) is 2. The maximum Gasteiger partial charge on any atom is 0.141 e. The van der Waals surface area contributed by atoms with Crippen molar-refractivity contribution in [2.75, 3.05) is 4.90 Å². The molecule has 1 heterocycles. The Morgan fingerprint density at radius 1 is 0.423 bits per heavy atom. The molecule has 246 valence electrons. The second-order valence-corrected chi connectivity index (χ2v) is 13.8. The lowest BCUT2D eigenvalue weighted by molar-refractivity contribution is 0.638. The van der Waals surface area contributed by atoms with Gasteiger partial charge in [-0.05, 0) is 87.8 Å². The maximum atomic E-state index is 7.00. The number of rotatable bonds is 6. The van der Waals surface area contributed by atoms with E-state index in [0.717, 1.165) is 44.6 Å². The minimum Gasteiger partial charge on any atom is -0.456 e. The first-order valence-electron chi connectivity index (χ1n) is 17.9. The predicted molar refractivity (Wildman–Crippen MR) is 217 cm³/mol. The monoisotopic (exact) mass is 665 g/mol. The fraction of sp³-hybridized carbons (Fsp3) is 0.0400. The first kappa shape index (κ1) is 30.2. The van der Waals surface area contributed by atoms with Crippen LogP contribution in [0.3, 0.4) is 0 Å². The van der Waals surface area contributed by atoms with Crippen LogP contribution in [0.2, 0.25) is 0 Å². The van der Waals surface area contributed by atoms with Crippen LogP contribution in [-0.4, -0.2) is 0 Å². The Balaban J connectivity index is 1.24. The van der Waals surface area contributed by atoms with Gasteiger partial charge in [-0.25, -0.2) is 0 Å². The molecule has 9 aromatic rings. The zero-order valence-electron chi connectivity index (χ0n) is 28.8. The molecule has 0 fully saturated rings. The van der Waals surface area contributed by atoms with Crippen LogP contribution in [0.25, 0.3) is 55.3 Å². The second kappa shape index (κ2) is 12.0. The second-order valence-electron chi connectivity index (χ2n) is 13.8. The zero-order chi connectivity index (χ0) is 34.6. The smallest absolute Gasteiger partial charge is 0.141 e. The lowest BCUT2D eigenvalue weighted by atomic mass is 9.73. The van der Waals surface area contributed by atoms with Gasteiger partial charge in [-0.1, -0.05) is 158 Å². The number of furan rings is 1. The highest BCUT2D eigenvalue weighted by Gasteiger charge is 2.42. The van der Waals surface area contributed by atoms with Crippen molar-refractivity contribution in [1.82, 2.24) is 0 Å². The normalized spacial score (nSPS) is 12.9. The van der Waals surface area contributed by atoms with Crippen LogP contribution in [0, 0.1) is 0 Å². The highest BCUT2D eigenvalue weighted by molar-refractivity contribution is 6.15. The molecule has 0 unspecified atom stereocenters. The SMILES string of the molecule is CC1(c2ccc(N(c3ccc(-c4ccccc4)cc3)c3cccc(-c4ccccc4)c3)c3c2oc2ccccc23)c2ccccc2-c2ccccc21. The maximum absolute atomic E-state index is 7.00. The molecule has 0 radical (unpaired) electrons. The molecule has 0 bridgehead atoms. The Kier molecular flexibility index (Phi) is 6.97. The van der Waals surface area contributed by atoms with Gasteiger partial charge in [0.05, 0.1) is 11.1 Å². The highest BCUT2D eigenvalue weighted by atomic mass is 16.3. The van der Waals surface area contributed by atoms with Gasteiger partial charge in [0.15, 0.2) is 0 Å². The summed E-state index contributed by atoms with van der Waals surface area (Å²) in [5, 5.41) is 2.20. The van der Waals surface area contributed by atoms with Crippen LogP contribution in [0.15, 0.2) is 199 Å². The van der Waals surface area contributed by atoms with Crippen molar-refractivity contribution in [2.45, 2.75) is 12.3 Å². The summed E-state index contributed by atoms with van der Waals surface area (Å²) < 4.78 is 7.00. The van der Waals surface area contributed by atoms with Crippen LogP contribution in [0.1, 0.15) is 23.6 Å². The van der Waals surface area contributed by atoms with Crippen LogP contribution in [-0.2, 0) is 5.41 Å². The van der Waals surface area contributed by atoms with Gasteiger partial charge < -0.3 is 9.32 Å². The Hall–Kier alpha value is -6.64. The lowest BCUT2D eigenvalue weighted by Crippen LogP contribution is -2.23. The third-order valence-electron chi connectivity index (χ3n) is 10.9. The third kappa shape index (κ3) is 4.65. The minimum absolute atomic E-state index is 0.409. The number of fused-ring (bicyclic) bond motifs is 6. The number of nitrogens with zero attached hydrogens (tertiary/aromatic N) is 1. The summed E-state index contributed by atoms with van der Waals surface area (Å²) in [5.74, 6) is 0. The molecule has 10 rings (SSSR count). The van der Waals surface area contributed by atoms with Crippen molar-refractivity contribution in [3.05, 3.63) is 211 Å². The Morgan fingerprint density at radius 3 is 1.67 bits per heavy atom. The van der Waals surface area contributed by atoms with Gasteiger partial charge >= 0.3 is 0 Å². The molecule has 2 heteroatoms. The molecule has 0 spiro atoms. The molecule has 0 amide bonds. The summed E-state index contributed by atoms with van der Waals surface area (Å²) in [6.45, 7) is 2.36. The molecular weight excluding hydrogens is 631 g/mol. The van der Waals surface area contributed by atoms with Crippen LogP contribution < -0.4 is 4.90 Å². The molecule has 0 N–H and O–H groups in total. The van der Waals surface area contributed by atoms with Crippen LogP contribution in [0.4, 0.5) is 17.1 Å². The van der Waals surface area contributed by atoms with E-state index < -0.39 is 5.41 Å². The zero-order valence-corrected chi connectivity index (χ0v) is 28.8. The van der Waals surface area contributed by atoms with E-state index >= 15 is 0 Å². The summed E-state index contributed by atoms with van der Waals surface area (Å²) >= 11 is 0. The van der Waals surface area contributed by atoms with Gasteiger partial charge in [0, 0.05) is 27.7 Å². The number of anilines is 3. The van der Waals surface area contributed by atoms with Gasteiger partial charge in [0.25, 0.3) is 0 Å². The molecule has 1 aromatic heterocycles. The van der Waals surface area contributed by atoms with E-state index in [1.165, 1.54) is 44.5 Å². The molecule has 8 aromatic carbocycles. The molecule has 0 saturated heterocycles. The number of para-hydroxylation sites is 1. The van der Waals surface area contributed by atoms with Crippen molar-refractivity contribution in [1.29, 1.82) is 0 Å². The van der Waals surface area contributed by atoms with Gasteiger partial charge in [0.2, 0.25) is 0 Å². The van der Waals surface area contributed by atoms with Gasteiger partial charge in [-0.3, -0.25) is 0 Å². The largest absolute Gasteiger partial charge is 0.456 e. The highest BCUT2D eigenvalue weighted by Crippen LogP contribution is 2.55. The van der Waals surface area contributed by atoms with Crippen molar-refractivity contribution in [3.8, 4) is 33.4 Å². The fourth-order valence-electron chi connectivity index (χ4n) is 8.45. The van der Waals surface area contributed by atoms with E-state index in [1.807, 2.05) is 0 Å². The molecule has 52 heavy (non-hydrogen) atoms. The quantitative estimate of drug-likeness (QED) is 0.176. The first-order valence-corrected chi connectivity index (χ1v) is 17.9. The number of benzene rings is 8. The minimum atomic E-state index is -0.409. The van der Waals surface area contributed by atoms with E-state index in [0.29, 0.717) is 0 Å². The van der Waals surface area contributed by atoms with E-state index in [1.54, 1.807) is 0 Å². The average Bonchev–Trinajstić information content (AvgIpc) is 3.73. The van der Waals surface area contributed by atoms with Crippen molar-refractivity contribution < 1.29 is 4.42 Å². The first-order chi connectivity index (χ1) is 25.7. The van der Waals surface area contributed by atoms with Gasteiger partial charge in [0.1, 0.15) is 11.2 Å². The molecule has 1 aliphatic rings. The van der Waals surface area contributed by atoms with Crippen LogP contribution in [0.5, 0.6) is 0 Å². The fourth-order valence-corrected chi connectivity index (χ4v) is 8.45. The summed E-state index contributed by atoms with van der Waals surface area (Å²) in [4.78, 5) is 2.40.